The molecule has 0 saturated carbocycles. The van der Waals surface area contributed by atoms with E-state index in [2.05, 4.69) is 205 Å². The van der Waals surface area contributed by atoms with E-state index in [1.165, 1.54) is 75.1 Å². The molecule has 0 aliphatic carbocycles. The molecule has 0 aliphatic rings. The quantitative estimate of drug-likeness (QED) is 0.169. The molecule has 10 aromatic rings. The standard InChI is InChI=1S/C50H33NS/c1-2-10-34(11-3-1)38-14-8-16-44(31-38)51(46-26-27-50-48(33-46)47-18-6-7-19-49(47)52-50)45-17-9-15-39(32-45)41-24-21-36-22-25-42(30-43(36)29-41)40-23-20-35-12-4-5-13-37(35)28-40/h1-33H. The van der Waals surface area contributed by atoms with Gasteiger partial charge in [-0.2, -0.15) is 0 Å². The third kappa shape index (κ3) is 5.51. The van der Waals surface area contributed by atoms with Crippen LogP contribution in [0.25, 0.3) is 75.1 Å². The average molecular weight is 680 g/mol. The van der Waals surface area contributed by atoms with Crippen molar-refractivity contribution >= 4 is 70.1 Å². The second kappa shape index (κ2) is 12.7. The Labute approximate surface area is 307 Å². The van der Waals surface area contributed by atoms with Crippen LogP contribution < -0.4 is 4.90 Å². The molecular formula is C50H33NS. The number of hydrogen-bond acceptors (Lipinski definition) is 2. The summed E-state index contributed by atoms with van der Waals surface area (Å²) in [5, 5.41) is 7.58. The number of anilines is 3. The van der Waals surface area contributed by atoms with Gasteiger partial charge in [0.2, 0.25) is 0 Å². The van der Waals surface area contributed by atoms with E-state index >= 15 is 0 Å². The third-order valence-electron chi connectivity index (χ3n) is 10.2. The molecule has 0 radical (unpaired) electrons. The van der Waals surface area contributed by atoms with Crippen molar-refractivity contribution in [1.29, 1.82) is 0 Å². The largest absolute Gasteiger partial charge is 0.310 e. The summed E-state index contributed by atoms with van der Waals surface area (Å²) < 4.78 is 2.62. The molecule has 1 nitrogen and oxygen atoms in total. The first-order valence-electron chi connectivity index (χ1n) is 17.7. The van der Waals surface area contributed by atoms with E-state index < -0.39 is 0 Å². The molecule has 0 N–H and O–H groups in total. The van der Waals surface area contributed by atoms with E-state index in [-0.39, 0.29) is 0 Å². The van der Waals surface area contributed by atoms with Gasteiger partial charge < -0.3 is 4.90 Å². The number of hydrogen-bond donors (Lipinski definition) is 0. The van der Waals surface area contributed by atoms with Crippen molar-refractivity contribution in [1.82, 2.24) is 0 Å². The molecule has 10 rings (SSSR count). The Bertz CT molecular complexity index is 2920. The van der Waals surface area contributed by atoms with Crippen LogP contribution in [0.2, 0.25) is 0 Å². The number of nitrogens with zero attached hydrogens (tertiary/aromatic N) is 1. The summed E-state index contributed by atoms with van der Waals surface area (Å²) in [6.07, 6.45) is 0. The van der Waals surface area contributed by atoms with Gasteiger partial charge in [-0.3, -0.25) is 0 Å². The van der Waals surface area contributed by atoms with Gasteiger partial charge in [-0.05, 0) is 122 Å². The highest BCUT2D eigenvalue weighted by atomic mass is 32.1. The van der Waals surface area contributed by atoms with Crippen molar-refractivity contribution in [2.75, 3.05) is 4.90 Å². The van der Waals surface area contributed by atoms with Crippen LogP contribution >= 0.6 is 11.3 Å². The zero-order valence-electron chi connectivity index (χ0n) is 28.4. The number of fused-ring (bicyclic) bond motifs is 5. The maximum absolute atomic E-state index is 2.40. The van der Waals surface area contributed by atoms with Gasteiger partial charge in [0.05, 0.1) is 0 Å². The zero-order chi connectivity index (χ0) is 34.4. The van der Waals surface area contributed by atoms with E-state index in [4.69, 9.17) is 0 Å². The summed E-state index contributed by atoms with van der Waals surface area (Å²) in [5.74, 6) is 0. The molecule has 0 atom stereocenters. The van der Waals surface area contributed by atoms with E-state index in [9.17, 15) is 0 Å². The molecule has 2 heteroatoms. The number of benzene rings is 9. The van der Waals surface area contributed by atoms with Gasteiger partial charge in [0, 0.05) is 37.2 Å². The molecule has 0 amide bonds. The SMILES string of the molecule is c1ccc(-c2cccc(N(c3cccc(-c4ccc5ccc(-c6ccc7ccccc7c6)cc5c4)c3)c3ccc4sc5ccccc5c4c3)c2)cc1. The number of rotatable bonds is 6. The van der Waals surface area contributed by atoms with E-state index in [0.29, 0.717) is 0 Å². The second-order valence-corrected chi connectivity index (χ2v) is 14.5. The topological polar surface area (TPSA) is 3.24 Å². The minimum atomic E-state index is 1.12. The second-order valence-electron chi connectivity index (χ2n) is 13.4. The van der Waals surface area contributed by atoms with Gasteiger partial charge >= 0.3 is 0 Å². The molecule has 244 valence electrons. The van der Waals surface area contributed by atoms with Crippen LogP contribution in [0.15, 0.2) is 200 Å². The van der Waals surface area contributed by atoms with Crippen LogP contribution in [-0.4, -0.2) is 0 Å². The lowest BCUT2D eigenvalue weighted by Crippen LogP contribution is -2.10. The molecule has 0 unspecified atom stereocenters. The molecule has 1 aromatic heterocycles. The van der Waals surface area contributed by atoms with Gasteiger partial charge in [-0.25, -0.2) is 0 Å². The van der Waals surface area contributed by atoms with Crippen LogP contribution in [0, 0.1) is 0 Å². The minimum absolute atomic E-state index is 1.12. The smallest absolute Gasteiger partial charge is 0.0468 e. The Kier molecular flexibility index (Phi) is 7.41. The lowest BCUT2D eigenvalue weighted by atomic mass is 9.96. The highest BCUT2D eigenvalue weighted by molar-refractivity contribution is 7.25. The first-order chi connectivity index (χ1) is 25.7. The van der Waals surface area contributed by atoms with Crippen LogP contribution in [-0.2, 0) is 0 Å². The normalized spacial score (nSPS) is 11.5. The molecular weight excluding hydrogens is 647 g/mol. The first kappa shape index (κ1) is 30.4. The lowest BCUT2D eigenvalue weighted by molar-refractivity contribution is 1.29. The Morgan fingerprint density at radius 1 is 0.269 bits per heavy atom. The number of thiophene rings is 1. The molecule has 0 fully saturated rings. The van der Waals surface area contributed by atoms with Gasteiger partial charge in [0.15, 0.2) is 0 Å². The molecule has 0 saturated heterocycles. The molecule has 0 bridgehead atoms. The summed E-state index contributed by atoms with van der Waals surface area (Å²) in [5.41, 5.74) is 10.6. The predicted molar refractivity (Wildman–Crippen MR) is 225 cm³/mol. The Morgan fingerprint density at radius 2 is 0.769 bits per heavy atom. The summed E-state index contributed by atoms with van der Waals surface area (Å²) in [7, 11) is 0. The van der Waals surface area contributed by atoms with Crippen LogP contribution in [0.5, 0.6) is 0 Å². The zero-order valence-corrected chi connectivity index (χ0v) is 29.2. The molecule has 52 heavy (non-hydrogen) atoms. The summed E-state index contributed by atoms with van der Waals surface area (Å²) >= 11 is 1.86. The Balaban J connectivity index is 1.09. The van der Waals surface area contributed by atoms with Crippen molar-refractivity contribution in [3.63, 3.8) is 0 Å². The van der Waals surface area contributed by atoms with Gasteiger partial charge in [0.25, 0.3) is 0 Å². The highest BCUT2D eigenvalue weighted by Crippen LogP contribution is 2.42. The first-order valence-corrected chi connectivity index (χ1v) is 18.6. The van der Waals surface area contributed by atoms with Crippen molar-refractivity contribution in [3.8, 4) is 33.4 Å². The predicted octanol–water partition coefficient (Wildman–Crippen LogP) is 14.8. The fourth-order valence-electron chi connectivity index (χ4n) is 7.55. The summed E-state index contributed by atoms with van der Waals surface area (Å²) in [6, 6.07) is 73.1. The third-order valence-corrected chi connectivity index (χ3v) is 11.3. The van der Waals surface area contributed by atoms with Crippen molar-refractivity contribution in [2.45, 2.75) is 0 Å². The van der Waals surface area contributed by atoms with Gasteiger partial charge in [-0.15, -0.1) is 11.3 Å². The maximum atomic E-state index is 2.40. The van der Waals surface area contributed by atoms with Crippen LogP contribution in [0.3, 0.4) is 0 Å². The molecule has 9 aromatic carbocycles. The molecule has 1 heterocycles. The van der Waals surface area contributed by atoms with Crippen molar-refractivity contribution < 1.29 is 0 Å². The molecule has 0 aliphatic heterocycles. The van der Waals surface area contributed by atoms with Gasteiger partial charge in [0.1, 0.15) is 0 Å². The van der Waals surface area contributed by atoms with E-state index in [0.717, 1.165) is 17.1 Å². The van der Waals surface area contributed by atoms with Crippen LogP contribution in [0.1, 0.15) is 0 Å². The Morgan fingerprint density at radius 3 is 1.48 bits per heavy atom. The maximum Gasteiger partial charge on any atom is 0.0468 e. The van der Waals surface area contributed by atoms with Crippen molar-refractivity contribution in [2.24, 2.45) is 0 Å². The molecule has 0 spiro atoms. The van der Waals surface area contributed by atoms with Gasteiger partial charge in [-0.1, -0.05) is 133 Å². The van der Waals surface area contributed by atoms with Crippen molar-refractivity contribution in [3.05, 3.63) is 200 Å². The monoisotopic (exact) mass is 679 g/mol. The minimum Gasteiger partial charge on any atom is -0.310 e. The van der Waals surface area contributed by atoms with E-state index in [1.54, 1.807) is 0 Å². The average Bonchev–Trinajstić information content (AvgIpc) is 3.59. The fourth-order valence-corrected chi connectivity index (χ4v) is 8.64. The highest BCUT2D eigenvalue weighted by Gasteiger charge is 2.17. The Hall–Kier alpha value is -6.48. The van der Waals surface area contributed by atoms with Crippen LogP contribution in [0.4, 0.5) is 17.1 Å². The summed E-state index contributed by atoms with van der Waals surface area (Å²) in [4.78, 5) is 2.40. The fraction of sp³-hybridized carbons (Fsp3) is 0. The summed E-state index contributed by atoms with van der Waals surface area (Å²) in [6.45, 7) is 0. The van der Waals surface area contributed by atoms with E-state index in [1.807, 2.05) is 11.3 Å². The lowest BCUT2D eigenvalue weighted by Gasteiger charge is -2.27.